The van der Waals surface area contributed by atoms with Crippen molar-refractivity contribution >= 4 is 29.2 Å². The van der Waals surface area contributed by atoms with Gasteiger partial charge in [-0.25, -0.2) is 4.98 Å². The second kappa shape index (κ2) is 9.43. The van der Waals surface area contributed by atoms with Gasteiger partial charge in [0.1, 0.15) is 0 Å². The first-order valence-corrected chi connectivity index (χ1v) is 10.9. The monoisotopic (exact) mass is 450 g/mol. The molecule has 2 aromatic heterocycles. The number of carbonyl (C=O) groups is 1. The third kappa shape index (κ3) is 4.73. The molecule has 0 bridgehead atoms. The van der Waals surface area contributed by atoms with E-state index in [9.17, 15) is 4.79 Å². The number of nitrogens with one attached hydrogen (secondary N) is 1. The number of nitrogens with two attached hydrogens (primary N) is 1. The summed E-state index contributed by atoms with van der Waals surface area (Å²) >= 11 is 0. The van der Waals surface area contributed by atoms with Gasteiger partial charge in [0.05, 0.1) is 32.0 Å². The van der Waals surface area contributed by atoms with Crippen molar-refractivity contribution in [2.45, 2.75) is 0 Å². The molecule has 1 amide bonds. The van der Waals surface area contributed by atoms with Gasteiger partial charge >= 0.3 is 0 Å². The molecule has 33 heavy (non-hydrogen) atoms. The molecule has 172 valence electrons. The van der Waals surface area contributed by atoms with E-state index < -0.39 is 0 Å². The highest BCUT2D eigenvalue weighted by molar-refractivity contribution is 5.94. The number of rotatable bonds is 5. The number of ether oxygens (including phenoxy) is 2. The molecule has 11 heteroatoms. The predicted molar refractivity (Wildman–Crippen MR) is 123 cm³/mol. The number of amides is 1. The summed E-state index contributed by atoms with van der Waals surface area (Å²) in [6.45, 7) is 5.54. The molecule has 2 saturated heterocycles. The maximum absolute atomic E-state index is 12.6. The fraction of sp³-hybridized carbons (Fsp3) is 0.364. The molecule has 0 spiro atoms. The number of carbonyl (C=O) groups excluding carboxylic acids is 1. The number of benzene rings is 1. The van der Waals surface area contributed by atoms with Crippen LogP contribution in [0.5, 0.6) is 0 Å². The van der Waals surface area contributed by atoms with Crippen LogP contribution in [0.2, 0.25) is 0 Å². The Labute approximate surface area is 191 Å². The van der Waals surface area contributed by atoms with E-state index in [1.807, 2.05) is 12.1 Å². The molecule has 0 aliphatic carbocycles. The Hall–Kier alpha value is -3.70. The minimum atomic E-state index is -0.0632. The van der Waals surface area contributed by atoms with E-state index >= 15 is 0 Å². The largest absolute Gasteiger partial charge is 0.378 e. The molecule has 2 aliphatic heterocycles. The molecule has 1 aromatic carbocycles. The summed E-state index contributed by atoms with van der Waals surface area (Å²) in [6.07, 6.45) is 1.53. The second-order valence-corrected chi connectivity index (χ2v) is 7.79. The zero-order valence-corrected chi connectivity index (χ0v) is 18.2. The molecular formula is C22H26N8O3. The molecule has 0 atom stereocenters. The van der Waals surface area contributed by atoms with Gasteiger partial charge in [-0.3, -0.25) is 4.79 Å². The molecule has 11 nitrogen and oxygen atoms in total. The SMILES string of the molecule is Nc1nc(Nc2ccc(N3CCOCC3)cc2)nn1-c1ccc(C(=O)N2CCOCC2)cn1. The normalized spacial score (nSPS) is 16.6. The average molecular weight is 451 g/mol. The number of pyridine rings is 1. The van der Waals surface area contributed by atoms with Crippen LogP contribution >= 0.6 is 0 Å². The predicted octanol–water partition coefficient (Wildman–Crippen LogP) is 1.30. The van der Waals surface area contributed by atoms with Crippen LogP contribution in [-0.2, 0) is 9.47 Å². The number of hydrogen-bond donors (Lipinski definition) is 2. The van der Waals surface area contributed by atoms with Crippen molar-refractivity contribution in [3.63, 3.8) is 0 Å². The van der Waals surface area contributed by atoms with Crippen molar-refractivity contribution < 1.29 is 14.3 Å². The third-order valence-corrected chi connectivity index (χ3v) is 5.64. The van der Waals surface area contributed by atoms with E-state index in [1.54, 1.807) is 17.0 Å². The number of nitrogen functional groups attached to an aromatic ring is 1. The lowest BCUT2D eigenvalue weighted by Gasteiger charge is -2.28. The topological polar surface area (TPSA) is 124 Å². The number of hydrogen-bond acceptors (Lipinski definition) is 9. The van der Waals surface area contributed by atoms with Crippen molar-refractivity contribution in [3.8, 4) is 5.82 Å². The van der Waals surface area contributed by atoms with Crippen molar-refractivity contribution in [3.05, 3.63) is 48.2 Å². The first-order valence-electron chi connectivity index (χ1n) is 10.9. The lowest BCUT2D eigenvalue weighted by Crippen LogP contribution is -2.40. The minimum absolute atomic E-state index is 0.0632. The van der Waals surface area contributed by atoms with Crippen LogP contribution < -0.4 is 16.0 Å². The van der Waals surface area contributed by atoms with Gasteiger partial charge in [-0.05, 0) is 36.4 Å². The number of aromatic nitrogens is 4. The molecule has 0 unspecified atom stereocenters. The molecule has 4 heterocycles. The van der Waals surface area contributed by atoms with Crippen LogP contribution in [0.1, 0.15) is 10.4 Å². The van der Waals surface area contributed by atoms with Crippen LogP contribution in [0.25, 0.3) is 5.82 Å². The lowest BCUT2D eigenvalue weighted by molar-refractivity contribution is 0.0302. The molecule has 3 N–H and O–H groups in total. The molecule has 5 rings (SSSR count). The standard InChI is InChI=1S/C22H26N8O3/c23-21-26-22(25-17-2-4-18(5-3-17)28-7-11-32-12-8-28)27-30(21)19-6-1-16(15-24-19)20(31)29-9-13-33-14-10-29/h1-6,15H,7-14H2,(H3,23,25,26,27). The Kier molecular flexibility index (Phi) is 6.05. The molecule has 2 aliphatic rings. The Morgan fingerprint density at radius 2 is 1.64 bits per heavy atom. The zero-order chi connectivity index (χ0) is 22.6. The number of morpholine rings is 2. The molecule has 2 fully saturated rings. The number of nitrogens with zero attached hydrogens (tertiary/aromatic N) is 6. The maximum Gasteiger partial charge on any atom is 0.255 e. The summed E-state index contributed by atoms with van der Waals surface area (Å²) in [6, 6.07) is 11.5. The molecule has 0 saturated carbocycles. The molecule has 3 aromatic rings. The summed E-state index contributed by atoms with van der Waals surface area (Å²) in [5, 5.41) is 7.59. The Bertz CT molecular complexity index is 1090. The first-order chi connectivity index (χ1) is 16.2. The third-order valence-electron chi connectivity index (χ3n) is 5.64. The Morgan fingerprint density at radius 3 is 2.30 bits per heavy atom. The van der Waals surface area contributed by atoms with Crippen LogP contribution in [0.4, 0.5) is 23.3 Å². The summed E-state index contributed by atoms with van der Waals surface area (Å²) in [5.41, 5.74) is 8.58. The summed E-state index contributed by atoms with van der Waals surface area (Å²) in [7, 11) is 0. The minimum Gasteiger partial charge on any atom is -0.378 e. The van der Waals surface area contributed by atoms with Crippen LogP contribution in [-0.4, -0.2) is 83.2 Å². The summed E-state index contributed by atoms with van der Waals surface area (Å²) in [4.78, 5) is 25.3. The lowest BCUT2D eigenvalue weighted by atomic mass is 10.2. The van der Waals surface area contributed by atoms with E-state index in [-0.39, 0.29) is 11.9 Å². The Balaban J connectivity index is 1.26. The second-order valence-electron chi connectivity index (χ2n) is 7.79. The van der Waals surface area contributed by atoms with Gasteiger partial charge in [-0.2, -0.15) is 9.67 Å². The van der Waals surface area contributed by atoms with E-state index in [0.29, 0.717) is 43.6 Å². The molecule has 0 radical (unpaired) electrons. The van der Waals surface area contributed by atoms with Gasteiger partial charge in [-0.15, -0.1) is 5.10 Å². The summed E-state index contributed by atoms with van der Waals surface area (Å²) < 4.78 is 12.1. The van der Waals surface area contributed by atoms with Crippen molar-refractivity contribution in [1.29, 1.82) is 0 Å². The zero-order valence-electron chi connectivity index (χ0n) is 18.2. The average Bonchev–Trinajstić information content (AvgIpc) is 3.25. The smallest absolute Gasteiger partial charge is 0.255 e. The highest BCUT2D eigenvalue weighted by Gasteiger charge is 2.19. The van der Waals surface area contributed by atoms with E-state index in [4.69, 9.17) is 15.2 Å². The highest BCUT2D eigenvalue weighted by atomic mass is 16.5. The van der Waals surface area contributed by atoms with Gasteiger partial charge in [0.25, 0.3) is 5.91 Å². The van der Waals surface area contributed by atoms with Gasteiger partial charge in [-0.1, -0.05) is 0 Å². The van der Waals surface area contributed by atoms with Gasteiger partial charge in [0.15, 0.2) is 5.82 Å². The molecular weight excluding hydrogens is 424 g/mol. The fourth-order valence-corrected chi connectivity index (χ4v) is 3.84. The van der Waals surface area contributed by atoms with Gasteiger partial charge in [0, 0.05) is 43.8 Å². The first kappa shape index (κ1) is 21.2. The van der Waals surface area contributed by atoms with E-state index in [1.165, 1.54) is 10.9 Å². The van der Waals surface area contributed by atoms with Crippen molar-refractivity contribution in [2.24, 2.45) is 0 Å². The maximum atomic E-state index is 12.6. The summed E-state index contributed by atoms with van der Waals surface area (Å²) in [5.74, 6) is 0.977. The van der Waals surface area contributed by atoms with Gasteiger partial charge in [0.2, 0.25) is 11.9 Å². The Morgan fingerprint density at radius 1 is 0.939 bits per heavy atom. The van der Waals surface area contributed by atoms with E-state index in [0.717, 1.165) is 37.7 Å². The fourth-order valence-electron chi connectivity index (χ4n) is 3.84. The van der Waals surface area contributed by atoms with Crippen molar-refractivity contribution in [1.82, 2.24) is 24.6 Å². The van der Waals surface area contributed by atoms with Gasteiger partial charge < -0.3 is 30.3 Å². The van der Waals surface area contributed by atoms with Crippen LogP contribution in [0.3, 0.4) is 0 Å². The van der Waals surface area contributed by atoms with Crippen LogP contribution in [0.15, 0.2) is 42.6 Å². The number of anilines is 4. The quantitative estimate of drug-likeness (QED) is 0.592. The highest BCUT2D eigenvalue weighted by Crippen LogP contribution is 2.22. The van der Waals surface area contributed by atoms with Crippen molar-refractivity contribution in [2.75, 3.05) is 68.6 Å². The van der Waals surface area contributed by atoms with E-state index in [2.05, 4.69) is 37.4 Å². The van der Waals surface area contributed by atoms with Crippen LogP contribution in [0, 0.1) is 0 Å².